The van der Waals surface area contributed by atoms with Crippen molar-refractivity contribution in [3.63, 3.8) is 0 Å². The summed E-state index contributed by atoms with van der Waals surface area (Å²) in [6, 6.07) is -0.547. The molecule has 176 valence electrons. The van der Waals surface area contributed by atoms with Gasteiger partial charge in [-0.3, -0.25) is 9.59 Å². The average Bonchev–Trinajstić information content (AvgIpc) is 2.67. The second-order valence-electron chi connectivity index (χ2n) is 10.8. The second-order valence-corrected chi connectivity index (χ2v) is 20.3. The van der Waals surface area contributed by atoms with Crippen molar-refractivity contribution >= 4 is 39.2 Å². The lowest BCUT2D eigenvalue weighted by Gasteiger charge is -2.19. The van der Waals surface area contributed by atoms with Crippen LogP contribution in [0.5, 0.6) is 0 Å². The number of nitrogens with one attached hydrogen (secondary N) is 1. The number of rotatable bonds is 4. The van der Waals surface area contributed by atoms with Crippen LogP contribution in [0, 0.1) is 28.3 Å². The number of carbonyl (C=O) groups is 1. The summed E-state index contributed by atoms with van der Waals surface area (Å²) in [5.74, 6) is 6.17. The first kappa shape index (κ1) is 26.3. The zero-order chi connectivity index (χ0) is 25.0. The average molecular weight is 484 g/mol. The van der Waals surface area contributed by atoms with Gasteiger partial charge in [-0.15, -0.1) is 11.1 Å². The Morgan fingerprint density at radius 2 is 1.61 bits per heavy atom. The Morgan fingerprint density at radius 3 is 2.12 bits per heavy atom. The van der Waals surface area contributed by atoms with E-state index in [2.05, 4.69) is 82.5 Å². The molecule has 2 aromatic heterocycles. The maximum atomic E-state index is 13.2. The van der Waals surface area contributed by atoms with Crippen molar-refractivity contribution < 1.29 is 9.53 Å². The fourth-order valence-corrected chi connectivity index (χ4v) is 3.49. The molecular formula is C23H33N5O3Si2. The molecule has 0 aromatic carbocycles. The molecule has 0 atom stereocenters. The van der Waals surface area contributed by atoms with Crippen LogP contribution < -0.4 is 10.9 Å². The Labute approximate surface area is 197 Å². The lowest BCUT2D eigenvalue weighted by atomic mass is 9.98. The van der Waals surface area contributed by atoms with Crippen LogP contribution in [0.4, 0.5) is 5.95 Å². The number of anilines is 1. The molecule has 0 aliphatic rings. The summed E-state index contributed by atoms with van der Waals surface area (Å²) in [6.07, 6.45) is 2.89. The minimum atomic E-state index is -1.67. The Hall–Kier alpha value is -2.96. The van der Waals surface area contributed by atoms with Gasteiger partial charge >= 0.3 is 5.97 Å². The molecule has 0 saturated heterocycles. The molecule has 2 heterocycles. The number of hydrogen-bond donors (Lipinski definition) is 1. The first-order valence-corrected chi connectivity index (χ1v) is 17.8. The number of esters is 1. The van der Waals surface area contributed by atoms with Gasteiger partial charge in [0.05, 0.1) is 5.41 Å². The minimum Gasteiger partial charge on any atom is -0.443 e. The first-order valence-electron chi connectivity index (χ1n) is 10.8. The molecule has 1 N–H and O–H groups in total. The summed E-state index contributed by atoms with van der Waals surface area (Å²) >= 11 is 0. The fraction of sp³-hybridized carbons (Fsp3) is 0.522. The molecule has 8 nitrogen and oxygen atoms in total. The summed E-state index contributed by atoms with van der Waals surface area (Å²) in [5, 5.41) is 3.18. The summed E-state index contributed by atoms with van der Waals surface area (Å²) in [5.41, 5.74) is 5.77. The van der Waals surface area contributed by atoms with Crippen molar-refractivity contribution in [3.05, 3.63) is 22.7 Å². The molecule has 0 bridgehead atoms. The maximum absolute atomic E-state index is 13.2. The van der Waals surface area contributed by atoms with Gasteiger partial charge in [-0.05, 0) is 20.8 Å². The van der Waals surface area contributed by atoms with Crippen molar-refractivity contribution in [1.29, 1.82) is 0 Å². The molecule has 0 radical (unpaired) electrons. The van der Waals surface area contributed by atoms with Gasteiger partial charge in [-0.25, -0.2) is 14.5 Å². The van der Waals surface area contributed by atoms with Gasteiger partial charge in [0, 0.05) is 12.4 Å². The number of carbonyl (C=O) groups excluding carboxylic acids is 1. The van der Waals surface area contributed by atoms with E-state index in [-0.39, 0.29) is 23.8 Å². The first-order chi connectivity index (χ1) is 15.1. The molecule has 2 rings (SSSR count). The van der Waals surface area contributed by atoms with Crippen LogP contribution in [-0.4, -0.2) is 47.7 Å². The van der Waals surface area contributed by atoms with Crippen molar-refractivity contribution in [1.82, 2.24) is 19.5 Å². The van der Waals surface area contributed by atoms with Crippen molar-refractivity contribution in [3.8, 4) is 22.9 Å². The standard InChI is InChI=1S/C23H33N5O3Si2/c1-23(2,3)21(30)31-16-28-20(29)18-19(25-13-12-24-18)27-22(28)26-17(10-14-32(4,5)6)11-15-33(7,8)9/h12-13,17H,16H2,1-9H3,(H,25,26,27). The molecule has 0 saturated carbocycles. The largest absolute Gasteiger partial charge is 0.443 e. The van der Waals surface area contributed by atoms with E-state index in [0.717, 1.165) is 0 Å². The SMILES string of the molecule is CC(C)(C)C(=O)OCn1c(NC(C#C[Si](C)(C)C)C#C[Si](C)(C)C)nc2nccnc2c1=O. The van der Waals surface area contributed by atoms with Crippen LogP contribution in [0.15, 0.2) is 17.2 Å². The number of nitrogens with zero attached hydrogens (tertiary/aromatic N) is 4. The van der Waals surface area contributed by atoms with Gasteiger partial charge in [-0.2, -0.15) is 4.98 Å². The smallest absolute Gasteiger partial charge is 0.312 e. The van der Waals surface area contributed by atoms with Crippen LogP contribution in [0.25, 0.3) is 11.2 Å². The molecule has 0 spiro atoms. The van der Waals surface area contributed by atoms with E-state index in [1.807, 2.05) is 0 Å². The Morgan fingerprint density at radius 1 is 1.06 bits per heavy atom. The summed E-state index contributed by atoms with van der Waals surface area (Å²) < 4.78 is 6.65. The van der Waals surface area contributed by atoms with Gasteiger partial charge in [0.1, 0.15) is 16.1 Å². The highest BCUT2D eigenvalue weighted by atomic mass is 28.3. The third kappa shape index (κ3) is 8.15. The van der Waals surface area contributed by atoms with Crippen molar-refractivity contribution in [2.75, 3.05) is 5.32 Å². The predicted octanol–water partition coefficient (Wildman–Crippen LogP) is 3.28. The molecule has 0 unspecified atom stereocenters. The van der Waals surface area contributed by atoms with E-state index < -0.39 is 39.1 Å². The number of fused-ring (bicyclic) bond motifs is 1. The van der Waals surface area contributed by atoms with E-state index >= 15 is 0 Å². The summed E-state index contributed by atoms with van der Waals surface area (Å²) in [7, 11) is -3.34. The third-order valence-electron chi connectivity index (χ3n) is 3.99. The highest BCUT2D eigenvalue weighted by Crippen LogP contribution is 2.16. The van der Waals surface area contributed by atoms with Gasteiger partial charge in [0.2, 0.25) is 5.95 Å². The highest BCUT2D eigenvalue weighted by molar-refractivity contribution is 6.84. The molecule has 10 heteroatoms. The molecule has 0 amide bonds. The normalized spacial score (nSPS) is 11.9. The van der Waals surface area contributed by atoms with Crippen molar-refractivity contribution in [2.24, 2.45) is 5.41 Å². The highest BCUT2D eigenvalue weighted by Gasteiger charge is 2.24. The molecule has 0 aliphatic heterocycles. The van der Waals surface area contributed by atoms with Crippen molar-refractivity contribution in [2.45, 2.75) is 72.8 Å². The Bertz CT molecular complexity index is 1180. The summed E-state index contributed by atoms with van der Waals surface area (Å²) in [4.78, 5) is 38.2. The zero-order valence-corrected chi connectivity index (χ0v) is 23.0. The second kappa shape index (κ2) is 9.90. The minimum absolute atomic E-state index is 0.0905. The number of aromatic nitrogens is 4. The van der Waals surface area contributed by atoms with Gasteiger partial charge in [0.25, 0.3) is 5.56 Å². The molecular weight excluding hydrogens is 450 g/mol. The monoisotopic (exact) mass is 483 g/mol. The zero-order valence-electron chi connectivity index (χ0n) is 21.0. The lowest BCUT2D eigenvalue weighted by molar-refractivity contribution is -0.157. The van der Waals surface area contributed by atoms with Crippen LogP contribution >= 0.6 is 0 Å². The van der Waals surface area contributed by atoms with Gasteiger partial charge < -0.3 is 10.1 Å². The fourth-order valence-electron chi connectivity index (χ4n) is 2.33. The Kier molecular flexibility index (Phi) is 7.89. The van der Waals surface area contributed by atoms with Crippen LogP contribution in [-0.2, 0) is 16.3 Å². The number of ether oxygens (including phenoxy) is 1. The van der Waals surface area contributed by atoms with Gasteiger partial charge in [-0.1, -0.05) is 51.1 Å². The predicted molar refractivity (Wildman–Crippen MR) is 137 cm³/mol. The molecule has 0 fully saturated rings. The van der Waals surface area contributed by atoms with Crippen LogP contribution in [0.1, 0.15) is 20.8 Å². The Balaban J connectivity index is 2.58. The van der Waals surface area contributed by atoms with E-state index in [0.29, 0.717) is 0 Å². The van der Waals surface area contributed by atoms with E-state index in [1.165, 1.54) is 17.0 Å². The lowest BCUT2D eigenvalue weighted by Crippen LogP contribution is -2.32. The van der Waals surface area contributed by atoms with E-state index in [9.17, 15) is 9.59 Å². The van der Waals surface area contributed by atoms with Gasteiger partial charge in [0.15, 0.2) is 23.9 Å². The topological polar surface area (TPSA) is 99.0 Å². The molecule has 0 aliphatic carbocycles. The van der Waals surface area contributed by atoms with E-state index in [4.69, 9.17) is 4.74 Å². The quantitative estimate of drug-likeness (QED) is 0.405. The van der Waals surface area contributed by atoms with Crippen LogP contribution in [0.3, 0.4) is 0 Å². The maximum Gasteiger partial charge on any atom is 0.312 e. The molecule has 2 aromatic rings. The third-order valence-corrected chi connectivity index (χ3v) is 5.78. The van der Waals surface area contributed by atoms with Crippen LogP contribution in [0.2, 0.25) is 39.3 Å². The number of hydrogen-bond acceptors (Lipinski definition) is 7. The molecule has 33 heavy (non-hydrogen) atoms. The summed E-state index contributed by atoms with van der Waals surface area (Å²) in [6.45, 7) is 17.8. The van der Waals surface area contributed by atoms with E-state index in [1.54, 1.807) is 20.8 Å².